The standard InChI is InChI=1S/C14H16F2N2O4S/c15-11(16)7-8(14(21)22)17-12(19)9-3-1-5-18(9)13(20)10-4-2-6-23-10/h2,4,6,8-9,11H,1,3,5,7H2,(H,17,19)(H,21,22). The molecule has 0 saturated carbocycles. The van der Waals surface area contributed by atoms with E-state index in [4.69, 9.17) is 5.11 Å². The van der Waals surface area contributed by atoms with Crippen LogP contribution in [0.1, 0.15) is 28.9 Å². The van der Waals surface area contributed by atoms with E-state index in [1.165, 1.54) is 16.2 Å². The SMILES string of the molecule is O=C(O)C(CC(F)F)NC(=O)C1CCCN1C(=O)c1cccs1. The number of carboxylic acids is 1. The van der Waals surface area contributed by atoms with Crippen molar-refractivity contribution in [1.82, 2.24) is 10.2 Å². The van der Waals surface area contributed by atoms with Gasteiger partial charge in [-0.15, -0.1) is 11.3 Å². The van der Waals surface area contributed by atoms with Crippen LogP contribution in [0.25, 0.3) is 0 Å². The third kappa shape index (κ3) is 4.25. The lowest BCUT2D eigenvalue weighted by molar-refractivity contribution is -0.143. The summed E-state index contributed by atoms with van der Waals surface area (Å²) in [4.78, 5) is 37.4. The molecule has 1 aromatic heterocycles. The molecular weight excluding hydrogens is 330 g/mol. The zero-order valence-electron chi connectivity index (χ0n) is 12.1. The Hall–Kier alpha value is -2.03. The zero-order valence-corrected chi connectivity index (χ0v) is 12.9. The molecule has 126 valence electrons. The lowest BCUT2D eigenvalue weighted by Gasteiger charge is -2.25. The third-order valence-electron chi connectivity index (χ3n) is 3.58. The number of carbonyl (C=O) groups is 3. The van der Waals surface area contributed by atoms with Crippen LogP contribution >= 0.6 is 11.3 Å². The number of alkyl halides is 2. The fourth-order valence-corrected chi connectivity index (χ4v) is 3.17. The van der Waals surface area contributed by atoms with E-state index in [1.807, 2.05) is 0 Å². The molecule has 1 aromatic rings. The first-order chi connectivity index (χ1) is 10.9. The average Bonchev–Trinajstić information content (AvgIpc) is 3.16. The van der Waals surface area contributed by atoms with E-state index >= 15 is 0 Å². The van der Waals surface area contributed by atoms with Crippen LogP contribution in [0.3, 0.4) is 0 Å². The maximum absolute atomic E-state index is 12.4. The molecular formula is C14H16F2N2O4S. The van der Waals surface area contributed by atoms with Crippen LogP contribution < -0.4 is 5.32 Å². The van der Waals surface area contributed by atoms with Gasteiger partial charge in [-0.2, -0.15) is 0 Å². The normalized spacial score (nSPS) is 18.9. The monoisotopic (exact) mass is 346 g/mol. The van der Waals surface area contributed by atoms with Gasteiger partial charge in [0.05, 0.1) is 4.88 Å². The van der Waals surface area contributed by atoms with E-state index < -0.39 is 36.8 Å². The Morgan fingerprint density at radius 3 is 2.74 bits per heavy atom. The fourth-order valence-electron chi connectivity index (χ4n) is 2.49. The summed E-state index contributed by atoms with van der Waals surface area (Å²) in [5.41, 5.74) is 0. The first kappa shape index (κ1) is 17.3. The zero-order chi connectivity index (χ0) is 17.0. The summed E-state index contributed by atoms with van der Waals surface area (Å²) < 4.78 is 24.8. The van der Waals surface area contributed by atoms with Gasteiger partial charge in [-0.1, -0.05) is 6.07 Å². The minimum absolute atomic E-state index is 0.307. The molecule has 1 aliphatic heterocycles. The van der Waals surface area contributed by atoms with Crippen molar-refractivity contribution in [1.29, 1.82) is 0 Å². The molecule has 0 aliphatic carbocycles. The highest BCUT2D eigenvalue weighted by molar-refractivity contribution is 7.12. The van der Waals surface area contributed by atoms with Crippen molar-refractivity contribution in [3.05, 3.63) is 22.4 Å². The van der Waals surface area contributed by atoms with E-state index in [-0.39, 0.29) is 5.91 Å². The van der Waals surface area contributed by atoms with Crippen LogP contribution in [-0.2, 0) is 9.59 Å². The number of nitrogens with one attached hydrogen (secondary N) is 1. The smallest absolute Gasteiger partial charge is 0.326 e. The fraction of sp³-hybridized carbons (Fsp3) is 0.500. The maximum Gasteiger partial charge on any atom is 0.326 e. The topological polar surface area (TPSA) is 86.7 Å². The van der Waals surface area contributed by atoms with E-state index in [1.54, 1.807) is 17.5 Å². The Morgan fingerprint density at radius 2 is 2.17 bits per heavy atom. The number of halogens is 2. The predicted molar refractivity (Wildman–Crippen MR) is 78.6 cm³/mol. The van der Waals surface area contributed by atoms with Gasteiger partial charge in [-0.25, -0.2) is 13.6 Å². The quantitative estimate of drug-likeness (QED) is 0.819. The number of aliphatic carboxylic acids is 1. The molecule has 0 aromatic carbocycles. The largest absolute Gasteiger partial charge is 0.480 e. The number of amides is 2. The maximum atomic E-state index is 12.4. The van der Waals surface area contributed by atoms with Gasteiger partial charge in [0.1, 0.15) is 12.1 Å². The Balaban J connectivity index is 2.05. The van der Waals surface area contributed by atoms with Crippen LogP contribution in [0.2, 0.25) is 0 Å². The molecule has 2 atom stereocenters. The summed E-state index contributed by atoms with van der Waals surface area (Å²) in [5, 5.41) is 12.8. The summed E-state index contributed by atoms with van der Waals surface area (Å²) in [6.07, 6.45) is -2.83. The van der Waals surface area contributed by atoms with Crippen molar-refractivity contribution in [3.8, 4) is 0 Å². The molecule has 1 saturated heterocycles. The average molecular weight is 346 g/mol. The second-order valence-electron chi connectivity index (χ2n) is 5.16. The number of hydrogen-bond donors (Lipinski definition) is 2. The highest BCUT2D eigenvalue weighted by atomic mass is 32.1. The van der Waals surface area contributed by atoms with Crippen molar-refractivity contribution in [2.75, 3.05) is 6.54 Å². The Bertz CT molecular complexity index is 579. The minimum Gasteiger partial charge on any atom is -0.480 e. The molecule has 0 spiro atoms. The van der Waals surface area contributed by atoms with E-state index in [2.05, 4.69) is 5.32 Å². The third-order valence-corrected chi connectivity index (χ3v) is 4.43. The van der Waals surface area contributed by atoms with Crippen LogP contribution in [-0.4, -0.2) is 52.8 Å². The van der Waals surface area contributed by atoms with Crippen LogP contribution in [0.5, 0.6) is 0 Å². The van der Waals surface area contributed by atoms with E-state index in [0.717, 1.165) is 0 Å². The number of carbonyl (C=O) groups excluding carboxylic acids is 2. The number of hydrogen-bond acceptors (Lipinski definition) is 4. The lowest BCUT2D eigenvalue weighted by Crippen LogP contribution is -2.51. The van der Waals surface area contributed by atoms with Gasteiger partial charge in [-0.3, -0.25) is 9.59 Å². The minimum atomic E-state index is -2.84. The molecule has 0 radical (unpaired) electrons. The molecule has 2 heterocycles. The Kier molecular flexibility index (Phi) is 5.64. The molecule has 0 bridgehead atoms. The van der Waals surface area contributed by atoms with Gasteiger partial charge in [0, 0.05) is 13.0 Å². The number of rotatable bonds is 6. The van der Waals surface area contributed by atoms with Crippen LogP contribution in [0.4, 0.5) is 8.78 Å². The van der Waals surface area contributed by atoms with E-state index in [0.29, 0.717) is 24.3 Å². The van der Waals surface area contributed by atoms with Gasteiger partial charge in [0.15, 0.2) is 0 Å². The second-order valence-corrected chi connectivity index (χ2v) is 6.11. The first-order valence-corrected chi connectivity index (χ1v) is 7.94. The molecule has 6 nitrogen and oxygen atoms in total. The van der Waals surface area contributed by atoms with Gasteiger partial charge >= 0.3 is 5.97 Å². The molecule has 2 unspecified atom stereocenters. The molecule has 23 heavy (non-hydrogen) atoms. The lowest BCUT2D eigenvalue weighted by atomic mass is 10.1. The summed E-state index contributed by atoms with van der Waals surface area (Å²) in [6, 6.07) is 0.856. The molecule has 2 N–H and O–H groups in total. The van der Waals surface area contributed by atoms with Gasteiger partial charge in [0.2, 0.25) is 12.3 Å². The van der Waals surface area contributed by atoms with Crippen LogP contribution in [0.15, 0.2) is 17.5 Å². The highest BCUT2D eigenvalue weighted by Crippen LogP contribution is 2.22. The summed E-state index contributed by atoms with van der Waals surface area (Å²) in [6.45, 7) is 0.376. The van der Waals surface area contributed by atoms with Gasteiger partial charge in [0.25, 0.3) is 5.91 Å². The highest BCUT2D eigenvalue weighted by Gasteiger charge is 2.36. The molecule has 1 fully saturated rings. The van der Waals surface area contributed by atoms with Crippen molar-refractivity contribution in [2.45, 2.75) is 37.8 Å². The molecule has 2 amide bonds. The summed E-state index contributed by atoms with van der Waals surface area (Å²) in [5.74, 6) is -2.54. The Morgan fingerprint density at radius 1 is 1.43 bits per heavy atom. The predicted octanol–water partition coefficient (Wildman–Crippen LogP) is 1.58. The summed E-state index contributed by atoms with van der Waals surface area (Å²) in [7, 11) is 0. The molecule has 9 heteroatoms. The Labute approximate surface area is 135 Å². The number of carboxylic acid groups (broad SMARTS) is 1. The summed E-state index contributed by atoms with van der Waals surface area (Å²) >= 11 is 1.24. The van der Waals surface area contributed by atoms with E-state index in [9.17, 15) is 23.2 Å². The first-order valence-electron chi connectivity index (χ1n) is 7.06. The van der Waals surface area contributed by atoms with Gasteiger partial charge < -0.3 is 15.3 Å². The van der Waals surface area contributed by atoms with Crippen LogP contribution in [0, 0.1) is 0 Å². The van der Waals surface area contributed by atoms with Crippen molar-refractivity contribution in [3.63, 3.8) is 0 Å². The molecule has 1 aliphatic rings. The van der Waals surface area contributed by atoms with Crippen molar-refractivity contribution in [2.24, 2.45) is 0 Å². The van der Waals surface area contributed by atoms with Crippen molar-refractivity contribution >= 4 is 29.1 Å². The molecule has 2 rings (SSSR count). The van der Waals surface area contributed by atoms with Crippen molar-refractivity contribution < 1.29 is 28.3 Å². The number of likely N-dealkylation sites (tertiary alicyclic amines) is 1. The number of thiophene rings is 1. The second kappa shape index (κ2) is 7.49. The number of nitrogens with zero attached hydrogens (tertiary/aromatic N) is 1. The van der Waals surface area contributed by atoms with Gasteiger partial charge in [-0.05, 0) is 24.3 Å².